The Morgan fingerprint density at radius 1 is 0.943 bits per heavy atom. The van der Waals surface area contributed by atoms with Gasteiger partial charge in [-0.25, -0.2) is 0 Å². The number of halogens is 3. The molecule has 0 bridgehead atoms. The highest BCUT2D eigenvalue weighted by Crippen LogP contribution is 2.37. The van der Waals surface area contributed by atoms with Gasteiger partial charge in [-0.05, 0) is 72.1 Å². The maximum absolute atomic E-state index is 13.1. The Kier molecular flexibility index (Phi) is 8.89. The average molecular weight is 490 g/mol. The number of anilines is 1. The summed E-state index contributed by atoms with van der Waals surface area (Å²) in [5, 5.41) is 10.0. The molecule has 0 heterocycles. The first-order valence-corrected chi connectivity index (χ1v) is 12.8. The summed E-state index contributed by atoms with van der Waals surface area (Å²) >= 11 is 0. The number of benzene rings is 2. The maximum atomic E-state index is 13.1. The van der Waals surface area contributed by atoms with Crippen molar-refractivity contribution in [1.82, 2.24) is 0 Å². The molecule has 1 aliphatic rings. The summed E-state index contributed by atoms with van der Waals surface area (Å²) in [5.41, 5.74) is 2.40. The number of rotatable bonds is 9. The highest BCUT2D eigenvalue weighted by molar-refractivity contribution is 5.79. The van der Waals surface area contributed by atoms with Crippen molar-refractivity contribution in [2.24, 2.45) is 11.8 Å². The zero-order valence-electron chi connectivity index (χ0n) is 21.2. The van der Waals surface area contributed by atoms with Gasteiger partial charge in [0.1, 0.15) is 0 Å². The second-order valence-electron chi connectivity index (χ2n) is 10.7. The van der Waals surface area contributed by atoms with E-state index in [1.807, 2.05) is 32.0 Å². The smallest absolute Gasteiger partial charge is 0.416 e. The van der Waals surface area contributed by atoms with Crippen LogP contribution in [0.25, 0.3) is 11.1 Å². The predicted octanol–water partition coefficient (Wildman–Crippen LogP) is 8.38. The Labute approximate surface area is 207 Å². The van der Waals surface area contributed by atoms with Gasteiger partial charge >= 0.3 is 12.1 Å². The van der Waals surface area contributed by atoms with Gasteiger partial charge in [-0.15, -0.1) is 0 Å². The summed E-state index contributed by atoms with van der Waals surface area (Å²) in [4.78, 5) is 14.7. The van der Waals surface area contributed by atoms with E-state index in [-0.39, 0.29) is 5.92 Å². The van der Waals surface area contributed by atoms with Crippen LogP contribution < -0.4 is 4.90 Å². The summed E-state index contributed by atoms with van der Waals surface area (Å²) in [5.74, 6) is -0.932. The molecule has 192 valence electrons. The molecule has 6 heteroatoms. The Balaban J connectivity index is 2.13. The number of aliphatic carboxylic acids is 1. The molecule has 1 atom stereocenters. The van der Waals surface area contributed by atoms with E-state index in [0.29, 0.717) is 29.5 Å². The quantitative estimate of drug-likeness (QED) is 0.384. The van der Waals surface area contributed by atoms with Crippen LogP contribution in [-0.2, 0) is 11.0 Å². The second kappa shape index (κ2) is 11.5. The van der Waals surface area contributed by atoms with Crippen molar-refractivity contribution in [2.45, 2.75) is 84.4 Å². The molecule has 0 radical (unpaired) electrons. The molecule has 3 rings (SSSR count). The summed E-state index contributed by atoms with van der Waals surface area (Å²) in [6.45, 7) is 9.21. The van der Waals surface area contributed by atoms with Crippen LogP contribution in [-0.4, -0.2) is 23.7 Å². The van der Waals surface area contributed by atoms with Gasteiger partial charge in [0.2, 0.25) is 0 Å². The average Bonchev–Trinajstić information content (AvgIpc) is 2.80. The van der Waals surface area contributed by atoms with Crippen molar-refractivity contribution in [3.05, 3.63) is 53.6 Å². The van der Waals surface area contributed by atoms with Crippen molar-refractivity contribution in [2.75, 3.05) is 11.4 Å². The lowest BCUT2D eigenvalue weighted by atomic mass is 9.87. The maximum Gasteiger partial charge on any atom is 0.416 e. The molecule has 1 N–H and O–H groups in total. The SMILES string of the molecule is CC(C)CC(C(=O)O)c1cc(-c2ccc(C(F)(F)F)cc2)cc(N(CC(C)C)C2CCCCC2)c1. The highest BCUT2D eigenvalue weighted by atomic mass is 19.4. The van der Waals surface area contributed by atoms with Gasteiger partial charge < -0.3 is 10.0 Å². The van der Waals surface area contributed by atoms with Crippen LogP contribution in [0, 0.1) is 11.8 Å². The minimum atomic E-state index is -4.40. The molecular formula is C29H38F3NO2. The fraction of sp³-hybridized carbons (Fsp3) is 0.552. The minimum Gasteiger partial charge on any atom is -0.481 e. The molecule has 0 amide bonds. The first-order chi connectivity index (χ1) is 16.5. The molecule has 1 fully saturated rings. The lowest BCUT2D eigenvalue weighted by Crippen LogP contribution is -2.39. The van der Waals surface area contributed by atoms with Gasteiger partial charge in [-0.2, -0.15) is 13.2 Å². The normalized spacial score (nSPS) is 16.0. The van der Waals surface area contributed by atoms with Crippen molar-refractivity contribution in [3.8, 4) is 11.1 Å². The molecule has 3 nitrogen and oxygen atoms in total. The molecule has 0 aliphatic heterocycles. The lowest BCUT2D eigenvalue weighted by molar-refractivity contribution is -0.139. The lowest BCUT2D eigenvalue weighted by Gasteiger charge is -2.38. The molecule has 0 saturated heterocycles. The van der Waals surface area contributed by atoms with Crippen molar-refractivity contribution in [1.29, 1.82) is 0 Å². The number of nitrogens with zero attached hydrogens (tertiary/aromatic N) is 1. The molecule has 1 unspecified atom stereocenters. The van der Waals surface area contributed by atoms with E-state index in [9.17, 15) is 23.1 Å². The third-order valence-electron chi connectivity index (χ3n) is 6.80. The van der Waals surface area contributed by atoms with Gasteiger partial charge in [0.05, 0.1) is 11.5 Å². The van der Waals surface area contributed by atoms with Crippen LogP contribution in [0.5, 0.6) is 0 Å². The molecule has 2 aromatic rings. The van der Waals surface area contributed by atoms with Gasteiger partial charge in [0.15, 0.2) is 0 Å². The minimum absolute atomic E-state index is 0.194. The fourth-order valence-electron chi connectivity index (χ4n) is 5.12. The first-order valence-electron chi connectivity index (χ1n) is 12.8. The predicted molar refractivity (Wildman–Crippen MR) is 136 cm³/mol. The van der Waals surface area contributed by atoms with Crippen LogP contribution in [0.3, 0.4) is 0 Å². The summed E-state index contributed by atoms with van der Waals surface area (Å²) in [7, 11) is 0. The molecule has 0 spiro atoms. The summed E-state index contributed by atoms with van der Waals surface area (Å²) < 4.78 is 39.4. The van der Waals surface area contributed by atoms with Crippen LogP contribution in [0.15, 0.2) is 42.5 Å². The Hall–Kier alpha value is -2.50. The van der Waals surface area contributed by atoms with Crippen LogP contribution >= 0.6 is 0 Å². The van der Waals surface area contributed by atoms with Crippen LogP contribution in [0.2, 0.25) is 0 Å². The van der Waals surface area contributed by atoms with Crippen molar-refractivity contribution in [3.63, 3.8) is 0 Å². The zero-order valence-corrected chi connectivity index (χ0v) is 21.2. The van der Waals surface area contributed by atoms with Gasteiger partial charge in [0, 0.05) is 18.3 Å². The number of hydrogen-bond donors (Lipinski definition) is 1. The largest absolute Gasteiger partial charge is 0.481 e. The Morgan fingerprint density at radius 2 is 1.57 bits per heavy atom. The molecule has 1 saturated carbocycles. The number of carboxylic acids is 1. The standard InChI is InChI=1S/C29H38F3NO2/c1-19(2)14-27(28(34)35)23-15-22(21-10-12-24(13-11-21)29(30,31)32)16-26(17-23)33(18-20(3)4)25-8-6-5-7-9-25/h10-13,15-17,19-20,25,27H,5-9,14,18H2,1-4H3,(H,34,35). The van der Waals surface area contributed by atoms with E-state index in [2.05, 4.69) is 18.7 Å². The third-order valence-corrected chi connectivity index (χ3v) is 6.80. The molecule has 2 aromatic carbocycles. The van der Waals surface area contributed by atoms with Gasteiger partial charge in [-0.3, -0.25) is 4.79 Å². The van der Waals surface area contributed by atoms with E-state index in [4.69, 9.17) is 0 Å². The van der Waals surface area contributed by atoms with Crippen molar-refractivity contribution >= 4 is 11.7 Å². The monoisotopic (exact) mass is 489 g/mol. The van der Waals surface area contributed by atoms with E-state index in [1.54, 1.807) is 0 Å². The van der Waals surface area contributed by atoms with E-state index < -0.39 is 23.6 Å². The Morgan fingerprint density at radius 3 is 2.09 bits per heavy atom. The number of hydrogen-bond acceptors (Lipinski definition) is 2. The van der Waals surface area contributed by atoms with Crippen molar-refractivity contribution < 1.29 is 23.1 Å². The number of carbonyl (C=O) groups is 1. The molecule has 0 aromatic heterocycles. The molecule has 1 aliphatic carbocycles. The van der Waals surface area contributed by atoms with E-state index >= 15 is 0 Å². The third kappa shape index (κ3) is 7.25. The summed E-state index contributed by atoms with van der Waals surface area (Å²) in [6, 6.07) is 11.4. The second-order valence-corrected chi connectivity index (χ2v) is 10.7. The van der Waals surface area contributed by atoms with E-state index in [1.165, 1.54) is 31.4 Å². The van der Waals surface area contributed by atoms with Gasteiger partial charge in [-0.1, -0.05) is 65.2 Å². The number of alkyl halides is 3. The number of carboxylic acid groups (broad SMARTS) is 1. The topological polar surface area (TPSA) is 40.5 Å². The summed E-state index contributed by atoms with van der Waals surface area (Å²) in [6.07, 6.45) is 1.89. The van der Waals surface area contributed by atoms with Gasteiger partial charge in [0.25, 0.3) is 0 Å². The molecular weight excluding hydrogens is 451 g/mol. The first kappa shape index (κ1) is 27.1. The molecule has 35 heavy (non-hydrogen) atoms. The van der Waals surface area contributed by atoms with Crippen LogP contribution in [0.1, 0.15) is 83.3 Å². The zero-order chi connectivity index (χ0) is 25.8. The van der Waals surface area contributed by atoms with Crippen LogP contribution in [0.4, 0.5) is 18.9 Å². The highest BCUT2D eigenvalue weighted by Gasteiger charge is 2.30. The fourth-order valence-corrected chi connectivity index (χ4v) is 5.12. The Bertz CT molecular complexity index is 976. The van der Waals surface area contributed by atoms with E-state index in [0.717, 1.165) is 42.8 Å².